The van der Waals surface area contributed by atoms with Crippen LogP contribution in [-0.2, 0) is 4.79 Å². The van der Waals surface area contributed by atoms with E-state index in [9.17, 15) is 9.90 Å². The number of nitrogens with one attached hydrogen (secondary N) is 1. The Morgan fingerprint density at radius 3 is 2.58 bits per heavy atom. The molecule has 2 N–H and O–H groups in total. The highest BCUT2D eigenvalue weighted by molar-refractivity contribution is 5.82. The van der Waals surface area contributed by atoms with E-state index in [0.29, 0.717) is 30.1 Å². The van der Waals surface area contributed by atoms with Crippen molar-refractivity contribution in [2.45, 2.75) is 37.2 Å². The number of para-hydroxylation sites is 3. The number of aliphatic hydroxyl groups is 1. The second kappa shape index (κ2) is 7.25. The van der Waals surface area contributed by atoms with Crippen molar-refractivity contribution in [3.8, 4) is 17.2 Å². The molecule has 136 valence electrons. The minimum Gasteiger partial charge on any atom is -0.488 e. The number of carbonyl (C=O) groups is 1. The smallest absolute Gasteiger partial charge is 0.265 e. The number of amides is 1. The van der Waals surface area contributed by atoms with Gasteiger partial charge >= 0.3 is 0 Å². The molecule has 2 aromatic rings. The lowest BCUT2D eigenvalue weighted by atomic mass is 10.2. The molecule has 0 aromatic heterocycles. The van der Waals surface area contributed by atoms with Gasteiger partial charge in [-0.15, -0.1) is 0 Å². The van der Waals surface area contributed by atoms with E-state index in [4.69, 9.17) is 14.2 Å². The van der Waals surface area contributed by atoms with Gasteiger partial charge < -0.3 is 24.6 Å². The standard InChI is InChI=1S/C20H21NO5/c22-19-14(10-11-17(19)25-13-6-2-1-3-7-13)21-20(23)18-12-24-15-8-4-5-9-16(15)26-18/h1-9,14,17-19,22H,10-12H2,(H,21,23)/t14-,17-,18-,19-/m0/s1. The number of aliphatic hydroxyl groups excluding tert-OH is 1. The molecular weight excluding hydrogens is 334 g/mol. The first-order valence-electron chi connectivity index (χ1n) is 8.79. The normalized spacial score (nSPS) is 27.0. The second-order valence-corrected chi connectivity index (χ2v) is 6.52. The topological polar surface area (TPSA) is 77.0 Å². The van der Waals surface area contributed by atoms with Gasteiger partial charge in [0.2, 0.25) is 6.10 Å². The molecule has 6 heteroatoms. The van der Waals surface area contributed by atoms with Crippen LogP contribution in [0.4, 0.5) is 0 Å². The predicted molar refractivity (Wildman–Crippen MR) is 94.4 cm³/mol. The SMILES string of the molecule is O=C(N[C@H]1CC[C@H](Oc2ccccc2)[C@H]1O)[C@@H]1COc2ccccc2O1. The van der Waals surface area contributed by atoms with Crippen LogP contribution in [0.2, 0.25) is 0 Å². The Labute approximate surface area is 151 Å². The fourth-order valence-corrected chi connectivity index (χ4v) is 3.33. The Balaban J connectivity index is 1.34. The summed E-state index contributed by atoms with van der Waals surface area (Å²) in [6.07, 6.45) is -0.519. The van der Waals surface area contributed by atoms with E-state index in [2.05, 4.69) is 5.32 Å². The number of ether oxygens (including phenoxy) is 3. The molecule has 26 heavy (non-hydrogen) atoms. The Kier molecular flexibility index (Phi) is 4.67. The highest BCUT2D eigenvalue weighted by atomic mass is 16.6. The lowest BCUT2D eigenvalue weighted by Crippen LogP contribution is -2.51. The van der Waals surface area contributed by atoms with Gasteiger partial charge in [0, 0.05) is 0 Å². The number of rotatable bonds is 4. The molecule has 1 fully saturated rings. The highest BCUT2D eigenvalue weighted by Crippen LogP contribution is 2.31. The summed E-state index contributed by atoms with van der Waals surface area (Å²) in [7, 11) is 0. The number of hydrogen-bond donors (Lipinski definition) is 2. The van der Waals surface area contributed by atoms with Crippen molar-refractivity contribution in [2.75, 3.05) is 6.61 Å². The van der Waals surface area contributed by atoms with E-state index in [1.54, 1.807) is 12.1 Å². The first kappa shape index (κ1) is 16.7. The Bertz CT molecular complexity index is 766. The van der Waals surface area contributed by atoms with E-state index >= 15 is 0 Å². The molecule has 1 saturated carbocycles. The van der Waals surface area contributed by atoms with Crippen LogP contribution in [0.5, 0.6) is 17.2 Å². The molecule has 4 rings (SSSR count). The molecule has 1 heterocycles. The Hall–Kier alpha value is -2.73. The largest absolute Gasteiger partial charge is 0.488 e. The summed E-state index contributed by atoms with van der Waals surface area (Å²) < 4.78 is 17.1. The third kappa shape index (κ3) is 3.46. The second-order valence-electron chi connectivity index (χ2n) is 6.52. The van der Waals surface area contributed by atoms with Gasteiger partial charge in [0.15, 0.2) is 11.5 Å². The lowest BCUT2D eigenvalue weighted by molar-refractivity contribution is -0.132. The number of hydrogen-bond acceptors (Lipinski definition) is 5. The van der Waals surface area contributed by atoms with Crippen LogP contribution in [0, 0.1) is 0 Å². The van der Waals surface area contributed by atoms with Crippen LogP contribution < -0.4 is 19.5 Å². The van der Waals surface area contributed by atoms with Crippen molar-refractivity contribution in [1.29, 1.82) is 0 Å². The van der Waals surface area contributed by atoms with Gasteiger partial charge in [-0.25, -0.2) is 0 Å². The molecular formula is C20H21NO5. The molecule has 1 aliphatic heterocycles. The molecule has 1 amide bonds. The summed E-state index contributed by atoms with van der Waals surface area (Å²) in [5.41, 5.74) is 0. The van der Waals surface area contributed by atoms with Crippen molar-refractivity contribution >= 4 is 5.91 Å². The molecule has 0 saturated heterocycles. The molecule has 0 spiro atoms. The van der Waals surface area contributed by atoms with E-state index in [1.807, 2.05) is 42.5 Å². The van der Waals surface area contributed by atoms with Crippen LogP contribution in [0.3, 0.4) is 0 Å². The van der Waals surface area contributed by atoms with Crippen molar-refractivity contribution in [2.24, 2.45) is 0 Å². The molecule has 1 aliphatic carbocycles. The van der Waals surface area contributed by atoms with Gasteiger partial charge in [-0.3, -0.25) is 4.79 Å². The Morgan fingerprint density at radius 1 is 1.04 bits per heavy atom. The van der Waals surface area contributed by atoms with Crippen molar-refractivity contribution < 1.29 is 24.1 Å². The van der Waals surface area contributed by atoms with Crippen LogP contribution >= 0.6 is 0 Å². The zero-order valence-corrected chi connectivity index (χ0v) is 14.2. The van der Waals surface area contributed by atoms with Crippen LogP contribution in [0.1, 0.15) is 12.8 Å². The molecule has 0 bridgehead atoms. The van der Waals surface area contributed by atoms with Gasteiger partial charge in [-0.1, -0.05) is 30.3 Å². The average molecular weight is 355 g/mol. The summed E-state index contributed by atoms with van der Waals surface area (Å²) in [6, 6.07) is 16.3. The minimum atomic E-state index is -0.768. The molecule has 2 aromatic carbocycles. The maximum Gasteiger partial charge on any atom is 0.265 e. The Morgan fingerprint density at radius 2 is 1.77 bits per heavy atom. The van der Waals surface area contributed by atoms with E-state index in [1.165, 1.54) is 0 Å². The fourth-order valence-electron chi connectivity index (χ4n) is 3.33. The van der Waals surface area contributed by atoms with Crippen LogP contribution in [0.25, 0.3) is 0 Å². The number of fused-ring (bicyclic) bond motifs is 1. The van der Waals surface area contributed by atoms with Gasteiger partial charge in [0.05, 0.1) is 6.04 Å². The fraction of sp³-hybridized carbons (Fsp3) is 0.350. The molecule has 0 radical (unpaired) electrons. The third-order valence-corrected chi connectivity index (χ3v) is 4.71. The number of carbonyl (C=O) groups excluding carboxylic acids is 1. The first-order valence-corrected chi connectivity index (χ1v) is 8.79. The van der Waals surface area contributed by atoms with Gasteiger partial charge in [0.25, 0.3) is 5.91 Å². The third-order valence-electron chi connectivity index (χ3n) is 4.71. The molecule has 2 aliphatic rings. The molecule has 6 nitrogen and oxygen atoms in total. The van der Waals surface area contributed by atoms with E-state index in [0.717, 1.165) is 0 Å². The van der Waals surface area contributed by atoms with Crippen molar-refractivity contribution in [3.05, 3.63) is 54.6 Å². The van der Waals surface area contributed by atoms with Gasteiger partial charge in [-0.05, 0) is 37.1 Å². The lowest BCUT2D eigenvalue weighted by Gasteiger charge is -2.27. The quantitative estimate of drug-likeness (QED) is 0.876. The summed E-state index contributed by atoms with van der Waals surface area (Å²) in [4.78, 5) is 12.5. The van der Waals surface area contributed by atoms with E-state index < -0.39 is 12.2 Å². The maximum absolute atomic E-state index is 12.5. The minimum absolute atomic E-state index is 0.148. The monoisotopic (exact) mass is 355 g/mol. The summed E-state index contributed by atoms with van der Waals surface area (Å²) >= 11 is 0. The van der Waals surface area contributed by atoms with Gasteiger partial charge in [-0.2, -0.15) is 0 Å². The van der Waals surface area contributed by atoms with Crippen LogP contribution in [-0.4, -0.2) is 42.0 Å². The summed E-state index contributed by atoms with van der Waals surface area (Å²) in [5.74, 6) is 1.61. The molecule has 4 atom stereocenters. The first-order chi connectivity index (χ1) is 12.7. The zero-order chi connectivity index (χ0) is 17.9. The average Bonchev–Trinajstić information content (AvgIpc) is 3.02. The number of benzene rings is 2. The van der Waals surface area contributed by atoms with Gasteiger partial charge in [0.1, 0.15) is 24.6 Å². The van der Waals surface area contributed by atoms with Crippen molar-refractivity contribution in [3.63, 3.8) is 0 Å². The van der Waals surface area contributed by atoms with E-state index in [-0.39, 0.29) is 24.7 Å². The predicted octanol–water partition coefficient (Wildman–Crippen LogP) is 1.91. The molecule has 0 unspecified atom stereocenters. The maximum atomic E-state index is 12.5. The van der Waals surface area contributed by atoms with Crippen molar-refractivity contribution in [1.82, 2.24) is 5.32 Å². The summed E-state index contributed by atoms with van der Waals surface area (Å²) in [5, 5.41) is 13.4. The van der Waals surface area contributed by atoms with Crippen LogP contribution in [0.15, 0.2) is 54.6 Å². The summed E-state index contributed by atoms with van der Waals surface area (Å²) in [6.45, 7) is 0.148. The highest BCUT2D eigenvalue weighted by Gasteiger charge is 2.39. The zero-order valence-electron chi connectivity index (χ0n) is 14.2.